The van der Waals surface area contributed by atoms with E-state index in [9.17, 15) is 4.39 Å². The molecule has 3 heteroatoms. The van der Waals surface area contributed by atoms with E-state index in [0.717, 1.165) is 16.9 Å². The van der Waals surface area contributed by atoms with E-state index >= 15 is 0 Å². The van der Waals surface area contributed by atoms with Gasteiger partial charge in [-0.1, -0.05) is 18.2 Å². The highest BCUT2D eigenvalue weighted by atomic mass is 19.1. The summed E-state index contributed by atoms with van der Waals surface area (Å²) >= 11 is 0. The SMILES string of the molecule is Cc1cc2nc(C)n(Cc3ccccc3F)c2cc1C. The lowest BCUT2D eigenvalue weighted by Gasteiger charge is -2.09. The maximum Gasteiger partial charge on any atom is 0.128 e. The summed E-state index contributed by atoms with van der Waals surface area (Å²) in [6, 6.07) is 11.1. The van der Waals surface area contributed by atoms with Gasteiger partial charge in [0.2, 0.25) is 0 Å². The van der Waals surface area contributed by atoms with Crippen LogP contribution in [0.3, 0.4) is 0 Å². The summed E-state index contributed by atoms with van der Waals surface area (Å²) in [6.45, 7) is 6.65. The maximum atomic E-state index is 13.8. The highest BCUT2D eigenvalue weighted by molar-refractivity contribution is 5.78. The Bertz CT molecular complexity index is 787. The van der Waals surface area contributed by atoms with Gasteiger partial charge in [-0.3, -0.25) is 0 Å². The van der Waals surface area contributed by atoms with Crippen LogP contribution in [0.1, 0.15) is 22.5 Å². The predicted molar refractivity (Wildman–Crippen MR) is 79.4 cm³/mol. The summed E-state index contributed by atoms with van der Waals surface area (Å²) in [4.78, 5) is 4.58. The van der Waals surface area contributed by atoms with Crippen LogP contribution in [-0.4, -0.2) is 9.55 Å². The quantitative estimate of drug-likeness (QED) is 0.682. The lowest BCUT2D eigenvalue weighted by Crippen LogP contribution is -2.04. The minimum Gasteiger partial charge on any atom is -0.324 e. The van der Waals surface area contributed by atoms with Crippen LogP contribution in [-0.2, 0) is 6.54 Å². The molecule has 0 saturated heterocycles. The van der Waals surface area contributed by atoms with E-state index in [1.54, 1.807) is 6.07 Å². The summed E-state index contributed by atoms with van der Waals surface area (Å²) in [6.07, 6.45) is 0. The number of hydrogen-bond donors (Lipinski definition) is 0. The number of rotatable bonds is 2. The second-order valence-electron chi connectivity index (χ2n) is 5.26. The third kappa shape index (κ3) is 2.09. The molecule has 0 bridgehead atoms. The van der Waals surface area contributed by atoms with Crippen LogP contribution in [0, 0.1) is 26.6 Å². The molecule has 0 radical (unpaired) electrons. The highest BCUT2D eigenvalue weighted by Gasteiger charge is 2.11. The molecule has 2 aromatic carbocycles. The summed E-state index contributed by atoms with van der Waals surface area (Å²) in [5.74, 6) is 0.742. The molecule has 1 aromatic heterocycles. The number of aryl methyl sites for hydroxylation is 3. The minimum absolute atomic E-state index is 0.169. The van der Waals surface area contributed by atoms with Crippen LogP contribution < -0.4 is 0 Å². The van der Waals surface area contributed by atoms with Crippen molar-refractivity contribution in [1.82, 2.24) is 9.55 Å². The average Bonchev–Trinajstić information content (AvgIpc) is 2.69. The van der Waals surface area contributed by atoms with Gasteiger partial charge in [-0.2, -0.15) is 0 Å². The van der Waals surface area contributed by atoms with Gasteiger partial charge in [0, 0.05) is 5.56 Å². The van der Waals surface area contributed by atoms with Gasteiger partial charge < -0.3 is 4.57 Å². The molecule has 0 aliphatic heterocycles. The Morgan fingerprint density at radius 3 is 2.50 bits per heavy atom. The van der Waals surface area contributed by atoms with Gasteiger partial charge in [0.05, 0.1) is 17.6 Å². The molecular formula is C17H17FN2. The highest BCUT2D eigenvalue weighted by Crippen LogP contribution is 2.22. The molecule has 3 aromatic rings. The molecule has 0 aliphatic carbocycles. The molecule has 0 fully saturated rings. The minimum atomic E-state index is -0.169. The Morgan fingerprint density at radius 2 is 1.75 bits per heavy atom. The number of fused-ring (bicyclic) bond motifs is 1. The molecule has 3 rings (SSSR count). The Balaban J connectivity index is 2.14. The lowest BCUT2D eigenvalue weighted by molar-refractivity contribution is 0.599. The first-order valence-corrected chi connectivity index (χ1v) is 6.74. The molecular weight excluding hydrogens is 251 g/mol. The van der Waals surface area contributed by atoms with Crippen molar-refractivity contribution in [2.75, 3.05) is 0 Å². The smallest absolute Gasteiger partial charge is 0.128 e. The largest absolute Gasteiger partial charge is 0.324 e. The number of imidazole rings is 1. The molecule has 0 atom stereocenters. The van der Waals surface area contributed by atoms with Crippen molar-refractivity contribution in [3.05, 3.63) is 64.7 Å². The third-order valence-corrected chi connectivity index (χ3v) is 3.84. The maximum absolute atomic E-state index is 13.8. The van der Waals surface area contributed by atoms with Gasteiger partial charge in [-0.25, -0.2) is 9.37 Å². The fourth-order valence-electron chi connectivity index (χ4n) is 2.50. The number of nitrogens with zero attached hydrogens (tertiary/aromatic N) is 2. The van der Waals surface area contributed by atoms with E-state index in [1.165, 1.54) is 17.2 Å². The number of halogens is 1. The zero-order valence-electron chi connectivity index (χ0n) is 11.9. The molecule has 0 spiro atoms. The Morgan fingerprint density at radius 1 is 1.05 bits per heavy atom. The van der Waals surface area contributed by atoms with Crippen molar-refractivity contribution in [1.29, 1.82) is 0 Å². The van der Waals surface area contributed by atoms with Crippen molar-refractivity contribution in [2.24, 2.45) is 0 Å². The third-order valence-electron chi connectivity index (χ3n) is 3.84. The Kier molecular flexibility index (Phi) is 3.05. The molecule has 0 aliphatic rings. The second kappa shape index (κ2) is 4.75. The molecule has 0 amide bonds. The van der Waals surface area contributed by atoms with E-state index in [4.69, 9.17) is 0 Å². The van der Waals surface area contributed by atoms with Crippen LogP contribution in [0.25, 0.3) is 11.0 Å². The van der Waals surface area contributed by atoms with E-state index in [-0.39, 0.29) is 5.82 Å². The van der Waals surface area contributed by atoms with Crippen molar-refractivity contribution < 1.29 is 4.39 Å². The number of hydrogen-bond acceptors (Lipinski definition) is 1. The van der Waals surface area contributed by atoms with E-state index in [2.05, 4.69) is 35.5 Å². The zero-order chi connectivity index (χ0) is 14.3. The van der Waals surface area contributed by atoms with E-state index in [0.29, 0.717) is 12.1 Å². The van der Waals surface area contributed by atoms with Crippen LogP contribution >= 0.6 is 0 Å². The number of aromatic nitrogens is 2. The van der Waals surface area contributed by atoms with Gasteiger partial charge in [0.1, 0.15) is 11.6 Å². The van der Waals surface area contributed by atoms with Crippen LogP contribution in [0.15, 0.2) is 36.4 Å². The fourth-order valence-corrected chi connectivity index (χ4v) is 2.50. The van der Waals surface area contributed by atoms with E-state index in [1.807, 2.05) is 19.1 Å². The van der Waals surface area contributed by atoms with Crippen molar-refractivity contribution in [3.8, 4) is 0 Å². The van der Waals surface area contributed by atoms with Crippen molar-refractivity contribution in [3.63, 3.8) is 0 Å². The van der Waals surface area contributed by atoms with Crippen molar-refractivity contribution >= 4 is 11.0 Å². The average molecular weight is 268 g/mol. The van der Waals surface area contributed by atoms with Crippen LogP contribution in [0.2, 0.25) is 0 Å². The van der Waals surface area contributed by atoms with E-state index < -0.39 is 0 Å². The molecule has 0 saturated carbocycles. The molecule has 0 N–H and O–H groups in total. The molecule has 2 nitrogen and oxygen atoms in total. The zero-order valence-corrected chi connectivity index (χ0v) is 11.9. The first-order chi connectivity index (χ1) is 9.56. The van der Waals surface area contributed by atoms with Gasteiger partial charge in [-0.05, 0) is 50.1 Å². The van der Waals surface area contributed by atoms with Gasteiger partial charge in [-0.15, -0.1) is 0 Å². The Labute approximate surface area is 117 Å². The summed E-state index contributed by atoms with van der Waals surface area (Å²) in [5.41, 5.74) is 5.18. The second-order valence-corrected chi connectivity index (χ2v) is 5.26. The Hall–Kier alpha value is -2.16. The summed E-state index contributed by atoms with van der Waals surface area (Å²) in [5, 5.41) is 0. The number of benzene rings is 2. The predicted octanol–water partition coefficient (Wildman–Crippen LogP) is 4.15. The van der Waals surface area contributed by atoms with Crippen molar-refractivity contribution in [2.45, 2.75) is 27.3 Å². The molecule has 0 unspecified atom stereocenters. The van der Waals surface area contributed by atoms with Crippen LogP contribution in [0.4, 0.5) is 4.39 Å². The summed E-state index contributed by atoms with van der Waals surface area (Å²) < 4.78 is 15.9. The van der Waals surface area contributed by atoms with Gasteiger partial charge in [0.25, 0.3) is 0 Å². The standard InChI is InChI=1S/C17H17FN2/c1-11-8-16-17(9-12(11)2)20(13(3)19-16)10-14-6-4-5-7-15(14)18/h4-9H,10H2,1-3H3. The monoisotopic (exact) mass is 268 g/mol. The lowest BCUT2D eigenvalue weighted by atomic mass is 10.1. The molecule has 1 heterocycles. The first kappa shape index (κ1) is 12.9. The van der Waals surface area contributed by atoms with Crippen LogP contribution in [0.5, 0.6) is 0 Å². The normalized spacial score (nSPS) is 11.2. The summed E-state index contributed by atoms with van der Waals surface area (Å²) in [7, 11) is 0. The fraction of sp³-hybridized carbons (Fsp3) is 0.235. The van der Waals surface area contributed by atoms with Gasteiger partial charge in [0.15, 0.2) is 0 Å². The molecule has 20 heavy (non-hydrogen) atoms. The topological polar surface area (TPSA) is 17.8 Å². The first-order valence-electron chi connectivity index (χ1n) is 6.74. The van der Waals surface area contributed by atoms with Gasteiger partial charge >= 0.3 is 0 Å². The molecule has 102 valence electrons.